The smallest absolute Gasteiger partial charge is 0.407 e. The number of carboxylic acid groups (broad SMARTS) is 1. The van der Waals surface area contributed by atoms with Crippen LogP contribution in [0.4, 0.5) is 15.3 Å². The number of nitrogens with one attached hydrogen (secondary N) is 3. The van der Waals surface area contributed by atoms with E-state index in [2.05, 4.69) is 26.0 Å². The normalized spacial score (nSPS) is 12.1. The summed E-state index contributed by atoms with van der Waals surface area (Å²) in [5.41, 5.74) is 9.59. The highest BCUT2D eigenvalue weighted by Gasteiger charge is 2.27. The number of aliphatic hydroxyl groups excluding tert-OH is 1. The molecule has 14 nitrogen and oxygen atoms in total. The number of azide groups is 1. The number of ether oxygens (including phenoxy) is 1. The largest absolute Gasteiger partial charge is 0.465 e. The van der Waals surface area contributed by atoms with Crippen LogP contribution in [-0.2, 0) is 27.5 Å². The lowest BCUT2D eigenvalue weighted by atomic mass is 10.0. The first-order chi connectivity index (χ1) is 16.5. The fourth-order valence-electron chi connectivity index (χ4n) is 2.87. The lowest BCUT2D eigenvalue weighted by Crippen LogP contribution is -2.53. The Kier molecular flexibility index (Phi) is 11.8. The molecule has 0 aliphatic rings. The summed E-state index contributed by atoms with van der Waals surface area (Å²) in [7, 11) is 1.38. The number of anilines is 1. The summed E-state index contributed by atoms with van der Waals surface area (Å²) < 4.78 is 4.85. The topological polar surface area (TPSA) is 206 Å². The molecule has 0 saturated heterocycles. The van der Waals surface area contributed by atoms with Gasteiger partial charge in [0.25, 0.3) is 0 Å². The van der Waals surface area contributed by atoms with E-state index < -0.39 is 36.1 Å². The van der Waals surface area contributed by atoms with Gasteiger partial charge in [-0.2, -0.15) is 0 Å². The molecule has 0 spiro atoms. The van der Waals surface area contributed by atoms with Gasteiger partial charge in [-0.15, -0.1) is 0 Å². The van der Waals surface area contributed by atoms with Crippen LogP contribution in [0.1, 0.15) is 31.9 Å². The number of hydrogen-bond acceptors (Lipinski definition) is 7. The molecule has 5 N–H and O–H groups in total. The third-order valence-electron chi connectivity index (χ3n) is 4.84. The lowest BCUT2D eigenvalue weighted by Gasteiger charge is -2.23. The molecular formula is C21H31N7O7. The van der Waals surface area contributed by atoms with Gasteiger partial charge < -0.3 is 35.8 Å². The van der Waals surface area contributed by atoms with Crippen LogP contribution in [0.2, 0.25) is 0 Å². The van der Waals surface area contributed by atoms with E-state index in [1.54, 1.807) is 32.0 Å². The van der Waals surface area contributed by atoms with Crippen molar-refractivity contribution in [2.24, 2.45) is 11.0 Å². The molecule has 2 atom stereocenters. The maximum absolute atomic E-state index is 12.7. The van der Waals surface area contributed by atoms with Crippen molar-refractivity contribution in [2.75, 3.05) is 25.5 Å². The summed E-state index contributed by atoms with van der Waals surface area (Å²) in [6, 6.07) is 2.69. The number of carbonyl (C=O) groups excluding carboxylic acids is 3. The fourth-order valence-corrected chi connectivity index (χ4v) is 2.87. The average Bonchev–Trinajstić information content (AvgIpc) is 2.80. The average molecular weight is 494 g/mol. The van der Waals surface area contributed by atoms with Crippen LogP contribution in [0.15, 0.2) is 23.3 Å². The molecule has 1 aromatic rings. The first-order valence-corrected chi connectivity index (χ1v) is 10.7. The minimum Gasteiger partial charge on any atom is -0.465 e. The van der Waals surface area contributed by atoms with Gasteiger partial charge >= 0.3 is 12.2 Å². The van der Waals surface area contributed by atoms with Gasteiger partial charge in [-0.05, 0) is 41.6 Å². The van der Waals surface area contributed by atoms with E-state index in [0.717, 1.165) is 4.90 Å². The maximum atomic E-state index is 12.7. The van der Waals surface area contributed by atoms with Gasteiger partial charge in [-0.25, -0.2) is 9.59 Å². The molecule has 0 aromatic heterocycles. The SMILES string of the molecule is CC(NC(=O)C(NC(=O)OCCN=[N+]=[N-])C(C)C)C(=O)Nc1ccc(CO)c(CN(C)C(=O)O)c1. The second kappa shape index (κ2) is 14.3. The molecule has 0 aliphatic heterocycles. The maximum Gasteiger partial charge on any atom is 0.407 e. The van der Waals surface area contributed by atoms with Gasteiger partial charge in [0.1, 0.15) is 12.1 Å². The predicted octanol–water partition coefficient (Wildman–Crippen LogP) is 1.79. The molecule has 4 amide bonds. The molecule has 14 heteroatoms. The Hall–Kier alpha value is -4.03. The van der Waals surface area contributed by atoms with E-state index in [4.69, 9.17) is 15.4 Å². The Morgan fingerprint density at radius 1 is 1.14 bits per heavy atom. The second-order valence-electron chi connectivity index (χ2n) is 7.96. The summed E-state index contributed by atoms with van der Waals surface area (Å²) in [6.45, 7) is 4.36. The van der Waals surface area contributed by atoms with Crippen LogP contribution in [-0.4, -0.2) is 71.4 Å². The van der Waals surface area contributed by atoms with Crippen LogP contribution in [0.3, 0.4) is 0 Å². The zero-order valence-corrected chi connectivity index (χ0v) is 20.0. The van der Waals surface area contributed by atoms with Crippen LogP contribution in [0.25, 0.3) is 10.4 Å². The van der Waals surface area contributed by atoms with E-state index in [1.807, 2.05) is 0 Å². The molecule has 1 rings (SSSR count). The van der Waals surface area contributed by atoms with Gasteiger partial charge in [0, 0.05) is 24.2 Å². The molecule has 0 radical (unpaired) electrons. The molecule has 0 bridgehead atoms. The highest BCUT2D eigenvalue weighted by Crippen LogP contribution is 2.18. The zero-order valence-electron chi connectivity index (χ0n) is 20.0. The second-order valence-corrected chi connectivity index (χ2v) is 7.96. The van der Waals surface area contributed by atoms with Crippen LogP contribution >= 0.6 is 0 Å². The van der Waals surface area contributed by atoms with Gasteiger partial charge in [-0.1, -0.05) is 25.0 Å². The summed E-state index contributed by atoms with van der Waals surface area (Å²) in [6.07, 6.45) is -2.01. The minimum absolute atomic E-state index is 0.00191. The van der Waals surface area contributed by atoms with Crippen molar-refractivity contribution in [2.45, 2.75) is 46.0 Å². The number of alkyl carbamates (subject to hydrolysis) is 1. The number of amides is 4. The molecule has 0 aliphatic carbocycles. The third-order valence-corrected chi connectivity index (χ3v) is 4.84. The Morgan fingerprint density at radius 3 is 2.40 bits per heavy atom. The standard InChI is InChI=1S/C21H31N7O7/c1-12(2)17(26-20(32)35-8-7-23-27-22)19(31)24-13(3)18(30)25-16-6-5-14(11-29)15(9-16)10-28(4)21(33)34/h5-6,9,12-13,17,29H,7-8,10-11H2,1-4H3,(H,24,31)(H,25,30)(H,26,32)(H,33,34). The lowest BCUT2D eigenvalue weighted by molar-refractivity contribution is -0.128. The minimum atomic E-state index is -1.15. The summed E-state index contributed by atoms with van der Waals surface area (Å²) in [4.78, 5) is 51.9. The molecule has 0 fully saturated rings. The Labute approximate surface area is 202 Å². The summed E-state index contributed by atoms with van der Waals surface area (Å²) in [5, 5.41) is 29.4. The van der Waals surface area contributed by atoms with E-state index in [0.29, 0.717) is 16.8 Å². The predicted molar refractivity (Wildman–Crippen MR) is 125 cm³/mol. The van der Waals surface area contributed by atoms with Gasteiger partial charge in [0.05, 0.1) is 19.8 Å². The molecule has 0 saturated carbocycles. The summed E-state index contributed by atoms with van der Waals surface area (Å²) in [5.74, 6) is -1.48. The number of aliphatic hydroxyl groups is 1. The number of hydrogen-bond donors (Lipinski definition) is 5. The van der Waals surface area contributed by atoms with Crippen LogP contribution in [0, 0.1) is 5.92 Å². The Balaban J connectivity index is 2.79. The van der Waals surface area contributed by atoms with E-state index >= 15 is 0 Å². The zero-order chi connectivity index (χ0) is 26.5. The van der Waals surface area contributed by atoms with Crippen molar-refractivity contribution in [3.05, 3.63) is 39.8 Å². The molecule has 0 heterocycles. The van der Waals surface area contributed by atoms with Gasteiger partial charge in [0.2, 0.25) is 11.8 Å². The van der Waals surface area contributed by atoms with Crippen molar-refractivity contribution in [3.8, 4) is 0 Å². The monoisotopic (exact) mass is 493 g/mol. The highest BCUT2D eigenvalue weighted by atomic mass is 16.5. The molecular weight excluding hydrogens is 462 g/mol. The number of rotatable bonds is 12. The molecule has 35 heavy (non-hydrogen) atoms. The van der Waals surface area contributed by atoms with Gasteiger partial charge in [-0.3, -0.25) is 9.59 Å². The number of benzene rings is 1. The van der Waals surface area contributed by atoms with Crippen molar-refractivity contribution in [1.82, 2.24) is 15.5 Å². The third kappa shape index (κ3) is 9.78. The van der Waals surface area contributed by atoms with E-state index in [9.17, 15) is 24.3 Å². The van der Waals surface area contributed by atoms with Gasteiger partial charge in [0.15, 0.2) is 0 Å². The van der Waals surface area contributed by atoms with Crippen molar-refractivity contribution < 1.29 is 34.1 Å². The van der Waals surface area contributed by atoms with Crippen LogP contribution < -0.4 is 16.0 Å². The quantitative estimate of drug-likeness (QED) is 0.126. The fraction of sp³-hybridized carbons (Fsp3) is 0.524. The number of nitrogens with zero attached hydrogens (tertiary/aromatic N) is 4. The molecule has 1 aromatic carbocycles. The van der Waals surface area contributed by atoms with Crippen molar-refractivity contribution >= 4 is 29.7 Å². The van der Waals surface area contributed by atoms with E-state index in [-0.39, 0.29) is 32.2 Å². The molecule has 2 unspecified atom stereocenters. The highest BCUT2D eigenvalue weighted by molar-refractivity contribution is 5.98. The Bertz CT molecular complexity index is 963. The Morgan fingerprint density at radius 2 is 1.83 bits per heavy atom. The first kappa shape index (κ1) is 29.0. The molecule has 192 valence electrons. The summed E-state index contributed by atoms with van der Waals surface area (Å²) >= 11 is 0. The van der Waals surface area contributed by atoms with Crippen molar-refractivity contribution in [3.63, 3.8) is 0 Å². The van der Waals surface area contributed by atoms with Crippen LogP contribution in [0.5, 0.6) is 0 Å². The van der Waals surface area contributed by atoms with Crippen molar-refractivity contribution in [1.29, 1.82) is 0 Å². The van der Waals surface area contributed by atoms with E-state index in [1.165, 1.54) is 14.0 Å². The number of carbonyl (C=O) groups is 4. The first-order valence-electron chi connectivity index (χ1n) is 10.7.